The standard InChI is InChI=1S/C9H9I2NO4/c10-4-1-3(2-5(11)8(4)14)7(13)6(12)9(15)16/h1-2,6-7,13-14H,12H2,(H,15,16). The maximum Gasteiger partial charge on any atom is 0.323 e. The molecule has 0 aliphatic heterocycles. The molecule has 0 amide bonds. The van der Waals surface area contributed by atoms with Crippen LogP contribution in [0.2, 0.25) is 0 Å². The molecule has 5 N–H and O–H groups in total. The molecule has 0 aliphatic rings. The summed E-state index contributed by atoms with van der Waals surface area (Å²) in [6.45, 7) is 0. The molecule has 1 aromatic rings. The van der Waals surface area contributed by atoms with E-state index in [1.807, 2.05) is 45.2 Å². The second-order valence-electron chi connectivity index (χ2n) is 3.14. The van der Waals surface area contributed by atoms with E-state index >= 15 is 0 Å². The summed E-state index contributed by atoms with van der Waals surface area (Å²) in [6, 6.07) is 1.63. The van der Waals surface area contributed by atoms with Crippen LogP contribution in [0.25, 0.3) is 0 Å². The van der Waals surface area contributed by atoms with Crippen LogP contribution in [0.3, 0.4) is 0 Å². The number of aliphatic carboxylic acids is 1. The van der Waals surface area contributed by atoms with Crippen molar-refractivity contribution in [2.45, 2.75) is 12.1 Å². The van der Waals surface area contributed by atoms with Crippen LogP contribution in [0.15, 0.2) is 12.1 Å². The van der Waals surface area contributed by atoms with E-state index < -0.39 is 18.1 Å². The fourth-order valence-corrected chi connectivity index (χ4v) is 2.91. The minimum absolute atomic E-state index is 0.112. The first-order valence-electron chi connectivity index (χ1n) is 4.19. The van der Waals surface area contributed by atoms with E-state index in [1.54, 1.807) is 0 Å². The zero-order valence-corrected chi connectivity index (χ0v) is 12.2. The van der Waals surface area contributed by atoms with Crippen LogP contribution in [0.1, 0.15) is 11.7 Å². The number of carboxylic acid groups (broad SMARTS) is 1. The summed E-state index contributed by atoms with van der Waals surface area (Å²) in [5, 5.41) is 27.9. The highest BCUT2D eigenvalue weighted by molar-refractivity contribution is 14.1. The number of carboxylic acids is 1. The number of benzene rings is 1. The second-order valence-corrected chi connectivity index (χ2v) is 5.47. The summed E-state index contributed by atoms with van der Waals surface area (Å²) in [5.41, 5.74) is 5.69. The first-order chi connectivity index (χ1) is 7.34. The molecule has 1 rings (SSSR count). The van der Waals surface area contributed by atoms with Crippen molar-refractivity contribution in [1.82, 2.24) is 0 Å². The van der Waals surface area contributed by atoms with Gasteiger partial charge in [-0.3, -0.25) is 4.79 Å². The summed E-state index contributed by atoms with van der Waals surface area (Å²) < 4.78 is 1.08. The molecule has 16 heavy (non-hydrogen) atoms. The van der Waals surface area contributed by atoms with Gasteiger partial charge < -0.3 is 21.1 Å². The lowest BCUT2D eigenvalue weighted by Crippen LogP contribution is -2.36. The van der Waals surface area contributed by atoms with E-state index in [4.69, 9.17) is 10.8 Å². The number of phenolic OH excluding ortho intramolecular Hbond substituents is 1. The molecule has 5 nitrogen and oxygen atoms in total. The van der Waals surface area contributed by atoms with Gasteiger partial charge in [0.25, 0.3) is 0 Å². The molecule has 0 saturated carbocycles. The van der Waals surface area contributed by atoms with Crippen LogP contribution in [-0.4, -0.2) is 27.3 Å². The Balaban J connectivity index is 3.10. The molecule has 1 aromatic carbocycles. The van der Waals surface area contributed by atoms with E-state index in [2.05, 4.69) is 0 Å². The lowest BCUT2D eigenvalue weighted by atomic mass is 10.0. The number of aliphatic hydroxyl groups is 1. The van der Waals surface area contributed by atoms with Gasteiger partial charge in [0.2, 0.25) is 0 Å². The monoisotopic (exact) mass is 449 g/mol. The summed E-state index contributed by atoms with van der Waals surface area (Å²) in [5.74, 6) is -1.16. The van der Waals surface area contributed by atoms with Crippen LogP contribution in [0, 0.1) is 7.14 Å². The van der Waals surface area contributed by atoms with E-state index in [0.29, 0.717) is 12.7 Å². The Kier molecular flexibility index (Phi) is 4.76. The molecular formula is C9H9I2NO4. The molecule has 0 aliphatic carbocycles. The SMILES string of the molecule is NC(C(=O)O)C(O)c1cc(I)c(O)c(I)c1. The first-order valence-corrected chi connectivity index (χ1v) is 6.34. The predicted octanol–water partition coefficient (Wildman–Crippen LogP) is 1.05. The van der Waals surface area contributed by atoms with Crippen molar-refractivity contribution >= 4 is 51.2 Å². The zero-order valence-electron chi connectivity index (χ0n) is 7.89. The first kappa shape index (κ1) is 13.9. The third-order valence-corrected chi connectivity index (χ3v) is 3.65. The van der Waals surface area contributed by atoms with Crippen molar-refractivity contribution in [3.8, 4) is 5.75 Å². The van der Waals surface area contributed by atoms with Gasteiger partial charge >= 0.3 is 5.97 Å². The molecule has 0 spiro atoms. The summed E-state index contributed by atoms with van der Waals surface area (Å²) in [4.78, 5) is 10.6. The molecule has 2 unspecified atom stereocenters. The second kappa shape index (κ2) is 5.47. The number of aromatic hydroxyl groups is 1. The van der Waals surface area contributed by atoms with Gasteiger partial charge in [-0.15, -0.1) is 0 Å². The highest BCUT2D eigenvalue weighted by atomic mass is 127. The zero-order chi connectivity index (χ0) is 12.5. The smallest absolute Gasteiger partial charge is 0.323 e. The van der Waals surface area contributed by atoms with Gasteiger partial charge in [0, 0.05) is 0 Å². The molecule has 0 radical (unpaired) electrons. The van der Waals surface area contributed by atoms with E-state index in [-0.39, 0.29) is 5.75 Å². The summed E-state index contributed by atoms with van der Waals surface area (Å²) in [6.07, 6.45) is -1.29. The molecule has 0 heterocycles. The van der Waals surface area contributed by atoms with Gasteiger partial charge in [-0.05, 0) is 62.9 Å². The molecular weight excluding hydrogens is 440 g/mol. The quantitative estimate of drug-likeness (QED) is 0.517. The lowest BCUT2D eigenvalue weighted by Gasteiger charge is -2.16. The average Bonchev–Trinajstić information content (AvgIpc) is 2.22. The molecule has 0 aromatic heterocycles. The minimum atomic E-state index is -1.38. The number of carbonyl (C=O) groups is 1. The summed E-state index contributed by atoms with van der Waals surface area (Å²) in [7, 11) is 0. The topological polar surface area (TPSA) is 104 Å². The highest BCUT2D eigenvalue weighted by Gasteiger charge is 2.24. The van der Waals surface area contributed by atoms with Gasteiger partial charge in [-0.1, -0.05) is 0 Å². The van der Waals surface area contributed by atoms with Gasteiger partial charge in [-0.25, -0.2) is 0 Å². The normalized spacial score (nSPS) is 14.5. The van der Waals surface area contributed by atoms with E-state index in [0.717, 1.165) is 0 Å². The predicted molar refractivity (Wildman–Crippen MR) is 74.1 cm³/mol. The van der Waals surface area contributed by atoms with Crippen molar-refractivity contribution in [2.75, 3.05) is 0 Å². The summed E-state index contributed by atoms with van der Waals surface area (Å²) >= 11 is 3.79. The van der Waals surface area contributed by atoms with Gasteiger partial charge in [0.15, 0.2) is 0 Å². The van der Waals surface area contributed by atoms with Crippen molar-refractivity contribution in [1.29, 1.82) is 0 Å². The van der Waals surface area contributed by atoms with Crippen molar-refractivity contribution < 1.29 is 20.1 Å². The molecule has 0 bridgehead atoms. The van der Waals surface area contributed by atoms with Crippen LogP contribution in [0.4, 0.5) is 0 Å². The highest BCUT2D eigenvalue weighted by Crippen LogP contribution is 2.30. The molecule has 88 valence electrons. The Morgan fingerprint density at radius 1 is 1.31 bits per heavy atom. The van der Waals surface area contributed by atoms with Crippen molar-refractivity contribution in [3.63, 3.8) is 0 Å². The van der Waals surface area contributed by atoms with Crippen molar-refractivity contribution in [2.24, 2.45) is 5.73 Å². The Morgan fingerprint density at radius 3 is 2.12 bits per heavy atom. The van der Waals surface area contributed by atoms with Gasteiger partial charge in [0.05, 0.1) is 7.14 Å². The van der Waals surface area contributed by atoms with E-state index in [9.17, 15) is 15.0 Å². The Hall–Kier alpha value is -0.130. The fourth-order valence-electron chi connectivity index (χ4n) is 1.10. The molecule has 7 heteroatoms. The molecule has 0 saturated heterocycles. The maximum absolute atomic E-state index is 10.6. The Bertz CT molecular complexity index is 401. The lowest BCUT2D eigenvalue weighted by molar-refractivity contribution is -0.141. The van der Waals surface area contributed by atoms with Crippen LogP contribution in [-0.2, 0) is 4.79 Å². The minimum Gasteiger partial charge on any atom is -0.506 e. The number of nitrogens with two attached hydrogens (primary N) is 1. The largest absolute Gasteiger partial charge is 0.506 e. The Morgan fingerprint density at radius 2 is 1.75 bits per heavy atom. The Labute approximate surface area is 119 Å². The van der Waals surface area contributed by atoms with Gasteiger partial charge in [0.1, 0.15) is 17.9 Å². The van der Waals surface area contributed by atoms with Crippen LogP contribution >= 0.6 is 45.2 Å². The van der Waals surface area contributed by atoms with Crippen molar-refractivity contribution in [3.05, 3.63) is 24.8 Å². The number of halogens is 2. The average molecular weight is 449 g/mol. The van der Waals surface area contributed by atoms with E-state index in [1.165, 1.54) is 12.1 Å². The van der Waals surface area contributed by atoms with Crippen LogP contribution in [0.5, 0.6) is 5.75 Å². The molecule has 0 fully saturated rings. The third-order valence-electron chi connectivity index (χ3n) is 2.01. The van der Waals surface area contributed by atoms with Crippen LogP contribution < -0.4 is 5.73 Å². The number of hydrogen-bond donors (Lipinski definition) is 4. The number of phenols is 1. The third kappa shape index (κ3) is 2.96. The molecule has 2 atom stereocenters. The number of rotatable bonds is 3. The number of hydrogen-bond acceptors (Lipinski definition) is 4. The fraction of sp³-hybridized carbons (Fsp3) is 0.222. The maximum atomic E-state index is 10.6. The number of aliphatic hydroxyl groups excluding tert-OH is 1. The van der Waals surface area contributed by atoms with Gasteiger partial charge in [-0.2, -0.15) is 0 Å².